The molecule has 12 heteroatoms. The van der Waals surface area contributed by atoms with Gasteiger partial charge in [-0.15, -0.1) is 0 Å². The summed E-state index contributed by atoms with van der Waals surface area (Å²) in [7, 11) is -3.90. The summed E-state index contributed by atoms with van der Waals surface area (Å²) in [4.78, 5) is 30.6. The van der Waals surface area contributed by atoms with Crippen molar-refractivity contribution in [3.8, 4) is 5.75 Å². The lowest BCUT2D eigenvalue weighted by atomic mass is 10.0. The van der Waals surface area contributed by atoms with Crippen molar-refractivity contribution >= 4 is 27.6 Å². The Hall–Kier alpha value is -2.99. The summed E-state index contributed by atoms with van der Waals surface area (Å²) in [5.74, 6) is -0.0639. The average Bonchev–Trinajstić information content (AvgIpc) is 3.28. The number of ether oxygens (including phenoxy) is 2. The quantitative estimate of drug-likeness (QED) is 0.531. The minimum atomic E-state index is -3.90. The van der Waals surface area contributed by atoms with E-state index in [1.165, 1.54) is 15.3 Å². The molecular weight excluding hydrogens is 464 g/mol. The minimum absolute atomic E-state index is 0.0702. The maximum atomic E-state index is 13.5. The molecule has 0 aliphatic carbocycles. The first-order chi connectivity index (χ1) is 16.2. The number of fused-ring (bicyclic) bond motifs is 1. The normalized spacial score (nSPS) is 19.0. The number of amides is 1. The summed E-state index contributed by atoms with van der Waals surface area (Å²) in [6.07, 6.45) is 1.73. The largest absolute Gasteiger partial charge is 0.482 e. The SMILES string of the molecule is CCOC(=O)[C@H]1CCCN(S(=O)(=O)c2cc3c(cc2C)N(Cc2noc(CC)n2)C(=O)CO3)C1. The summed E-state index contributed by atoms with van der Waals surface area (Å²) in [6.45, 7) is 5.76. The van der Waals surface area contributed by atoms with Gasteiger partial charge >= 0.3 is 5.97 Å². The molecule has 1 aromatic carbocycles. The van der Waals surface area contributed by atoms with E-state index in [-0.39, 0.29) is 48.8 Å². The second-order valence-electron chi connectivity index (χ2n) is 8.27. The van der Waals surface area contributed by atoms with Crippen LogP contribution in [0.3, 0.4) is 0 Å². The van der Waals surface area contributed by atoms with Gasteiger partial charge in [0.15, 0.2) is 12.4 Å². The third-order valence-corrected chi connectivity index (χ3v) is 7.94. The van der Waals surface area contributed by atoms with Gasteiger partial charge in [-0.2, -0.15) is 9.29 Å². The molecule has 34 heavy (non-hydrogen) atoms. The number of anilines is 1. The number of rotatable bonds is 7. The number of aryl methyl sites for hydroxylation is 2. The fourth-order valence-electron chi connectivity index (χ4n) is 4.18. The molecule has 0 saturated carbocycles. The Morgan fingerprint density at radius 1 is 1.29 bits per heavy atom. The number of hydrogen-bond donors (Lipinski definition) is 0. The highest BCUT2D eigenvalue weighted by Gasteiger charge is 2.36. The van der Waals surface area contributed by atoms with Gasteiger partial charge in [0.05, 0.1) is 29.7 Å². The minimum Gasteiger partial charge on any atom is -0.482 e. The molecular formula is C22H28N4O7S. The first-order valence-corrected chi connectivity index (χ1v) is 12.7. The zero-order chi connectivity index (χ0) is 24.5. The van der Waals surface area contributed by atoms with Gasteiger partial charge in [-0.3, -0.25) is 14.5 Å². The van der Waals surface area contributed by atoms with Gasteiger partial charge in [0, 0.05) is 25.6 Å². The van der Waals surface area contributed by atoms with E-state index in [9.17, 15) is 18.0 Å². The highest BCUT2D eigenvalue weighted by molar-refractivity contribution is 7.89. The monoisotopic (exact) mass is 492 g/mol. The topological polar surface area (TPSA) is 132 Å². The smallest absolute Gasteiger partial charge is 0.310 e. The van der Waals surface area contributed by atoms with Gasteiger partial charge in [0.2, 0.25) is 15.9 Å². The number of carbonyl (C=O) groups is 2. The Labute approximate surface area is 198 Å². The Balaban J connectivity index is 1.62. The van der Waals surface area contributed by atoms with Crippen LogP contribution >= 0.6 is 0 Å². The number of hydrogen-bond acceptors (Lipinski definition) is 9. The third-order valence-electron chi connectivity index (χ3n) is 5.93. The van der Waals surface area contributed by atoms with Crippen molar-refractivity contribution in [2.24, 2.45) is 5.92 Å². The summed E-state index contributed by atoms with van der Waals surface area (Å²) in [5, 5.41) is 3.90. The van der Waals surface area contributed by atoms with Crippen LogP contribution in [0.5, 0.6) is 5.75 Å². The molecule has 1 fully saturated rings. The molecule has 1 atom stereocenters. The summed E-state index contributed by atoms with van der Waals surface area (Å²) in [5.41, 5.74) is 0.904. The number of sulfonamides is 1. The summed E-state index contributed by atoms with van der Waals surface area (Å²) in [6, 6.07) is 3.06. The first-order valence-electron chi connectivity index (χ1n) is 11.3. The molecule has 2 aromatic rings. The van der Waals surface area contributed by atoms with Crippen LogP contribution in [0.1, 0.15) is 44.0 Å². The Bertz CT molecular complexity index is 1190. The Morgan fingerprint density at radius 3 is 2.79 bits per heavy atom. The molecule has 0 radical (unpaired) electrons. The molecule has 0 bridgehead atoms. The van der Waals surface area contributed by atoms with Crippen LogP contribution in [0.15, 0.2) is 21.6 Å². The second-order valence-corrected chi connectivity index (χ2v) is 10.2. The maximum absolute atomic E-state index is 13.5. The number of carbonyl (C=O) groups excluding carboxylic acids is 2. The number of nitrogens with zero attached hydrogens (tertiary/aromatic N) is 4. The molecule has 184 valence electrons. The van der Waals surface area contributed by atoms with E-state index in [0.29, 0.717) is 48.8 Å². The molecule has 4 rings (SSSR count). The standard InChI is InChI=1S/C22H28N4O7S/c1-4-20-23-19(24-33-20)12-26-16-9-14(3)18(10-17(16)32-13-21(26)27)34(29,30)25-8-6-7-15(11-25)22(28)31-5-2/h9-10,15H,4-8,11-13H2,1-3H3/t15-/m0/s1. The van der Waals surface area contributed by atoms with Gasteiger partial charge in [-0.05, 0) is 38.3 Å². The van der Waals surface area contributed by atoms with Crippen molar-refractivity contribution in [2.75, 3.05) is 31.2 Å². The molecule has 0 N–H and O–H groups in total. The van der Waals surface area contributed by atoms with Crippen LogP contribution in [0.2, 0.25) is 0 Å². The van der Waals surface area contributed by atoms with E-state index in [1.54, 1.807) is 19.9 Å². The van der Waals surface area contributed by atoms with E-state index in [1.807, 2.05) is 6.92 Å². The van der Waals surface area contributed by atoms with E-state index in [0.717, 1.165) is 0 Å². The van der Waals surface area contributed by atoms with Crippen LogP contribution in [0, 0.1) is 12.8 Å². The lowest BCUT2D eigenvalue weighted by Gasteiger charge is -2.32. The van der Waals surface area contributed by atoms with Crippen molar-refractivity contribution in [1.82, 2.24) is 14.4 Å². The van der Waals surface area contributed by atoms with Crippen molar-refractivity contribution in [3.05, 3.63) is 29.4 Å². The molecule has 2 aliphatic rings. The predicted molar refractivity (Wildman–Crippen MR) is 120 cm³/mol. The lowest BCUT2D eigenvalue weighted by molar-refractivity contribution is -0.149. The van der Waals surface area contributed by atoms with Crippen LogP contribution in [0.4, 0.5) is 5.69 Å². The summed E-state index contributed by atoms with van der Waals surface area (Å²) >= 11 is 0. The van der Waals surface area contributed by atoms with Crippen LogP contribution in [0.25, 0.3) is 0 Å². The highest BCUT2D eigenvalue weighted by Crippen LogP contribution is 2.38. The maximum Gasteiger partial charge on any atom is 0.310 e. The van der Waals surface area contributed by atoms with Crippen molar-refractivity contribution in [3.63, 3.8) is 0 Å². The Kier molecular flexibility index (Phi) is 6.89. The third kappa shape index (κ3) is 4.64. The molecule has 1 aromatic heterocycles. The Morgan fingerprint density at radius 2 is 2.09 bits per heavy atom. The molecule has 11 nitrogen and oxygen atoms in total. The molecule has 0 spiro atoms. The lowest BCUT2D eigenvalue weighted by Crippen LogP contribution is -2.43. The second kappa shape index (κ2) is 9.71. The fraction of sp³-hybridized carbons (Fsp3) is 0.545. The number of piperidine rings is 1. The van der Waals surface area contributed by atoms with E-state index in [2.05, 4.69) is 10.1 Å². The van der Waals surface area contributed by atoms with Gasteiger partial charge in [0.25, 0.3) is 5.91 Å². The summed E-state index contributed by atoms with van der Waals surface area (Å²) < 4.78 is 44.1. The zero-order valence-electron chi connectivity index (χ0n) is 19.4. The highest BCUT2D eigenvalue weighted by atomic mass is 32.2. The van der Waals surface area contributed by atoms with Gasteiger partial charge < -0.3 is 14.0 Å². The molecule has 0 unspecified atom stereocenters. The van der Waals surface area contributed by atoms with Gasteiger partial charge in [0.1, 0.15) is 5.75 Å². The molecule has 3 heterocycles. The number of esters is 1. The number of aromatic nitrogens is 2. The number of benzene rings is 1. The van der Waals surface area contributed by atoms with E-state index in [4.69, 9.17) is 14.0 Å². The van der Waals surface area contributed by atoms with Crippen LogP contribution in [-0.4, -0.2) is 61.0 Å². The van der Waals surface area contributed by atoms with Crippen LogP contribution in [-0.2, 0) is 37.3 Å². The molecule has 1 amide bonds. The average molecular weight is 493 g/mol. The fourth-order valence-corrected chi connectivity index (χ4v) is 5.92. The molecule has 2 aliphatic heterocycles. The predicted octanol–water partition coefficient (Wildman–Crippen LogP) is 1.83. The van der Waals surface area contributed by atoms with Crippen molar-refractivity contribution in [2.45, 2.75) is 51.5 Å². The van der Waals surface area contributed by atoms with Gasteiger partial charge in [-0.1, -0.05) is 12.1 Å². The van der Waals surface area contributed by atoms with Crippen molar-refractivity contribution in [1.29, 1.82) is 0 Å². The zero-order valence-corrected chi connectivity index (χ0v) is 20.3. The van der Waals surface area contributed by atoms with E-state index < -0.39 is 15.9 Å². The first kappa shape index (κ1) is 24.1. The van der Waals surface area contributed by atoms with E-state index >= 15 is 0 Å². The van der Waals surface area contributed by atoms with Crippen molar-refractivity contribution < 1.29 is 32.0 Å². The van der Waals surface area contributed by atoms with Gasteiger partial charge in [-0.25, -0.2) is 8.42 Å². The molecule has 1 saturated heterocycles. The van der Waals surface area contributed by atoms with Crippen LogP contribution < -0.4 is 9.64 Å².